The second-order valence-corrected chi connectivity index (χ2v) is 9.16. The highest BCUT2D eigenvalue weighted by Crippen LogP contribution is 2.47. The highest BCUT2D eigenvalue weighted by molar-refractivity contribution is 7.99. The van der Waals surface area contributed by atoms with Crippen LogP contribution < -0.4 is 20.7 Å². The maximum absolute atomic E-state index is 12.9. The number of unbranched alkanes of at least 4 members (excludes halogenated alkanes) is 1. The molecule has 0 fully saturated rings. The zero-order chi connectivity index (χ0) is 24.2. The molecule has 1 aromatic heterocycles. The third-order valence-corrected chi connectivity index (χ3v) is 7.07. The summed E-state index contributed by atoms with van der Waals surface area (Å²) >= 11 is 1.62. The molecule has 2 heterocycles. The van der Waals surface area contributed by atoms with Crippen molar-refractivity contribution < 1.29 is 14.6 Å². The van der Waals surface area contributed by atoms with E-state index in [2.05, 4.69) is 4.98 Å². The molecule has 0 bridgehead atoms. The SMILES string of the molecule is CCCCn1c(O)c(C2=Nc3ccccc3S[C@H](c3ccc(OC)c(OC)c3)C2)c(=O)[nH]c1=O. The van der Waals surface area contributed by atoms with Crippen molar-refractivity contribution in [3.63, 3.8) is 0 Å². The van der Waals surface area contributed by atoms with Gasteiger partial charge in [0, 0.05) is 23.1 Å². The predicted octanol–water partition coefficient (Wildman–Crippen LogP) is 4.42. The third kappa shape index (κ3) is 4.61. The number of nitrogens with zero attached hydrogens (tertiary/aromatic N) is 2. The fourth-order valence-corrected chi connectivity index (χ4v) is 5.17. The van der Waals surface area contributed by atoms with Gasteiger partial charge in [0.25, 0.3) is 5.56 Å². The molecule has 8 nitrogen and oxygen atoms in total. The van der Waals surface area contributed by atoms with Crippen LogP contribution in [0.4, 0.5) is 5.69 Å². The Kier molecular flexibility index (Phi) is 7.12. The van der Waals surface area contributed by atoms with E-state index in [1.807, 2.05) is 49.4 Å². The van der Waals surface area contributed by atoms with Gasteiger partial charge in [0.15, 0.2) is 11.5 Å². The maximum atomic E-state index is 12.9. The van der Waals surface area contributed by atoms with Crippen LogP contribution in [0.5, 0.6) is 17.4 Å². The molecular formula is C25H27N3O5S. The van der Waals surface area contributed by atoms with Crippen LogP contribution in [0.2, 0.25) is 0 Å². The molecule has 34 heavy (non-hydrogen) atoms. The second kappa shape index (κ2) is 10.2. The quantitative estimate of drug-likeness (QED) is 0.518. The molecule has 2 aromatic carbocycles. The Hall–Kier alpha value is -3.46. The van der Waals surface area contributed by atoms with Gasteiger partial charge in [-0.05, 0) is 36.2 Å². The molecule has 0 radical (unpaired) electrons. The summed E-state index contributed by atoms with van der Waals surface area (Å²) in [7, 11) is 3.17. The van der Waals surface area contributed by atoms with Gasteiger partial charge in [-0.3, -0.25) is 19.3 Å². The maximum Gasteiger partial charge on any atom is 0.331 e. The second-order valence-electron chi connectivity index (χ2n) is 7.91. The van der Waals surface area contributed by atoms with Gasteiger partial charge in [-0.1, -0.05) is 31.5 Å². The number of methoxy groups -OCH3 is 2. The van der Waals surface area contributed by atoms with Gasteiger partial charge in [0.05, 0.1) is 25.6 Å². The summed E-state index contributed by atoms with van der Waals surface area (Å²) in [5, 5.41) is 10.9. The van der Waals surface area contributed by atoms with E-state index in [0.717, 1.165) is 16.9 Å². The summed E-state index contributed by atoms with van der Waals surface area (Å²) in [6.07, 6.45) is 1.89. The van der Waals surface area contributed by atoms with E-state index >= 15 is 0 Å². The number of aromatic nitrogens is 2. The van der Waals surface area contributed by atoms with Gasteiger partial charge < -0.3 is 14.6 Å². The smallest absolute Gasteiger partial charge is 0.331 e. The van der Waals surface area contributed by atoms with Gasteiger partial charge in [0.1, 0.15) is 5.56 Å². The summed E-state index contributed by atoms with van der Waals surface area (Å²) in [5.74, 6) is 0.873. The summed E-state index contributed by atoms with van der Waals surface area (Å²) in [6, 6.07) is 13.4. The number of H-pyrrole nitrogens is 1. The van der Waals surface area contributed by atoms with Crippen LogP contribution in [0.25, 0.3) is 0 Å². The zero-order valence-electron chi connectivity index (χ0n) is 19.3. The molecule has 0 saturated heterocycles. The van der Waals surface area contributed by atoms with Crippen molar-refractivity contribution in [3.05, 3.63) is 74.4 Å². The Bertz CT molecular complexity index is 1350. The van der Waals surface area contributed by atoms with Crippen LogP contribution in [0.15, 0.2) is 61.9 Å². The van der Waals surface area contributed by atoms with Crippen molar-refractivity contribution in [2.75, 3.05) is 14.2 Å². The number of fused-ring (bicyclic) bond motifs is 1. The monoisotopic (exact) mass is 481 g/mol. The number of para-hydroxylation sites is 1. The predicted molar refractivity (Wildman–Crippen MR) is 133 cm³/mol. The number of aliphatic imine (C=N–C) groups is 1. The molecule has 3 aromatic rings. The minimum atomic E-state index is -0.649. The van der Waals surface area contributed by atoms with Crippen LogP contribution >= 0.6 is 11.8 Å². The topological polar surface area (TPSA) is 106 Å². The lowest BCUT2D eigenvalue weighted by Gasteiger charge is -2.18. The fourth-order valence-electron chi connectivity index (χ4n) is 3.95. The number of benzene rings is 2. The largest absolute Gasteiger partial charge is 0.494 e. The van der Waals surface area contributed by atoms with Crippen LogP contribution in [-0.4, -0.2) is 34.6 Å². The Morgan fingerprint density at radius 1 is 1.15 bits per heavy atom. The Morgan fingerprint density at radius 3 is 2.65 bits per heavy atom. The van der Waals surface area contributed by atoms with Crippen LogP contribution in [0.1, 0.15) is 42.6 Å². The number of hydrogen-bond acceptors (Lipinski definition) is 7. The molecule has 0 aliphatic carbocycles. The van der Waals surface area contributed by atoms with Crippen LogP contribution in [0, 0.1) is 0 Å². The molecule has 1 aliphatic heterocycles. The standard InChI is InChI=1S/C25H27N3O5S/c1-4-5-12-28-24(30)22(23(29)27-25(28)31)17-14-21(34-20-9-7-6-8-16(20)26-17)15-10-11-18(32-2)19(13-15)33-3/h6-11,13,21,30H,4-5,12,14H2,1-3H3,(H,27,29,31)/t21-/m0/s1. The van der Waals surface area contributed by atoms with E-state index in [1.165, 1.54) is 4.57 Å². The Morgan fingerprint density at radius 2 is 1.91 bits per heavy atom. The van der Waals surface area contributed by atoms with Crippen molar-refractivity contribution in [1.82, 2.24) is 9.55 Å². The van der Waals surface area contributed by atoms with E-state index in [0.29, 0.717) is 42.3 Å². The molecule has 9 heteroatoms. The highest BCUT2D eigenvalue weighted by atomic mass is 32.2. The van der Waals surface area contributed by atoms with E-state index in [-0.39, 0.29) is 16.7 Å². The van der Waals surface area contributed by atoms with Gasteiger partial charge in [-0.2, -0.15) is 0 Å². The van der Waals surface area contributed by atoms with Crippen LogP contribution in [0.3, 0.4) is 0 Å². The van der Waals surface area contributed by atoms with Gasteiger partial charge in [0.2, 0.25) is 5.88 Å². The summed E-state index contributed by atoms with van der Waals surface area (Å²) in [6.45, 7) is 2.30. The number of rotatable bonds is 7. The number of hydrogen-bond donors (Lipinski definition) is 2. The fraction of sp³-hybridized carbons (Fsp3) is 0.320. The first-order chi connectivity index (χ1) is 16.5. The van der Waals surface area contributed by atoms with Crippen molar-refractivity contribution in [2.45, 2.75) is 42.9 Å². The minimum Gasteiger partial charge on any atom is -0.494 e. The number of aromatic amines is 1. The number of aromatic hydroxyl groups is 1. The zero-order valence-corrected chi connectivity index (χ0v) is 20.1. The van der Waals surface area contributed by atoms with Crippen molar-refractivity contribution in [1.29, 1.82) is 0 Å². The molecule has 0 unspecified atom stereocenters. The van der Waals surface area contributed by atoms with Crippen molar-refractivity contribution in [2.24, 2.45) is 4.99 Å². The lowest BCUT2D eigenvalue weighted by molar-refractivity contribution is 0.354. The van der Waals surface area contributed by atoms with E-state index < -0.39 is 11.2 Å². The average Bonchev–Trinajstić information content (AvgIpc) is 3.03. The molecule has 4 rings (SSSR count). The molecular weight excluding hydrogens is 454 g/mol. The van der Waals surface area contributed by atoms with Crippen molar-refractivity contribution in [3.8, 4) is 17.4 Å². The first-order valence-electron chi connectivity index (χ1n) is 11.1. The van der Waals surface area contributed by atoms with Gasteiger partial charge in [-0.25, -0.2) is 4.79 Å². The molecule has 0 amide bonds. The van der Waals surface area contributed by atoms with Gasteiger partial charge >= 0.3 is 5.69 Å². The summed E-state index contributed by atoms with van der Waals surface area (Å²) in [5.41, 5.74) is 0.835. The third-order valence-electron chi connectivity index (χ3n) is 5.74. The first kappa shape index (κ1) is 23.7. The Labute approximate surface area is 201 Å². The number of thioether (sulfide) groups is 1. The molecule has 0 saturated carbocycles. The molecule has 2 N–H and O–H groups in total. The number of nitrogens with one attached hydrogen (secondary N) is 1. The molecule has 1 aliphatic rings. The normalized spacial score (nSPS) is 15.3. The lowest BCUT2D eigenvalue weighted by atomic mass is 10.0. The summed E-state index contributed by atoms with van der Waals surface area (Å²) in [4.78, 5) is 33.3. The molecule has 1 atom stereocenters. The van der Waals surface area contributed by atoms with Crippen LogP contribution in [-0.2, 0) is 6.54 Å². The van der Waals surface area contributed by atoms with Crippen molar-refractivity contribution >= 4 is 23.2 Å². The summed E-state index contributed by atoms with van der Waals surface area (Å²) < 4.78 is 12.1. The Balaban J connectivity index is 1.86. The van der Waals surface area contributed by atoms with E-state index in [9.17, 15) is 14.7 Å². The molecule has 0 spiro atoms. The molecule has 178 valence electrons. The highest BCUT2D eigenvalue weighted by Gasteiger charge is 2.27. The van der Waals surface area contributed by atoms with Gasteiger partial charge in [-0.15, -0.1) is 11.8 Å². The van der Waals surface area contributed by atoms with E-state index in [4.69, 9.17) is 14.5 Å². The first-order valence-corrected chi connectivity index (χ1v) is 12.0. The number of ether oxygens (including phenoxy) is 2. The average molecular weight is 482 g/mol. The minimum absolute atomic E-state index is 0.0264. The lowest BCUT2D eigenvalue weighted by Crippen LogP contribution is -2.34. The van der Waals surface area contributed by atoms with E-state index in [1.54, 1.807) is 26.0 Å².